The maximum Gasteiger partial charge on any atom is 0.311 e. The summed E-state index contributed by atoms with van der Waals surface area (Å²) in [5.74, 6) is 3.02. The van der Waals surface area contributed by atoms with Crippen molar-refractivity contribution in [2.24, 2.45) is 45.8 Å². The molecule has 0 aromatic heterocycles. The number of fused-ring (bicyclic) bond motifs is 4. The molecule has 4 aliphatic rings. The normalized spacial score (nSPS) is 40.2. The van der Waals surface area contributed by atoms with Crippen LogP contribution in [0.1, 0.15) is 126 Å². The Balaban J connectivity index is 1.50. The van der Waals surface area contributed by atoms with Crippen LogP contribution in [0.3, 0.4) is 0 Å². The Labute approximate surface area is 215 Å². The second-order valence-corrected chi connectivity index (χ2v) is 14.9. The fourth-order valence-electron chi connectivity index (χ4n) is 8.90. The van der Waals surface area contributed by atoms with Crippen LogP contribution in [-0.4, -0.2) is 23.3 Å². The molecule has 200 valence electrons. The fraction of sp³-hybridized carbons (Fsp3) is 0.906. The van der Waals surface area contributed by atoms with Crippen molar-refractivity contribution in [1.29, 1.82) is 0 Å². The average Bonchev–Trinajstić information content (AvgIpc) is 3.03. The Bertz CT molecular complexity index is 819. The van der Waals surface area contributed by atoms with Crippen LogP contribution in [0.4, 0.5) is 0 Å². The molecule has 0 aromatic rings. The highest BCUT2D eigenvalue weighted by Crippen LogP contribution is 2.66. The van der Waals surface area contributed by atoms with Gasteiger partial charge in [0.15, 0.2) is 0 Å². The summed E-state index contributed by atoms with van der Waals surface area (Å²) in [4.78, 5) is 12.5. The first kappa shape index (κ1) is 27.2. The molecule has 0 aliphatic heterocycles. The molecule has 1 N–H and O–H groups in total. The van der Waals surface area contributed by atoms with E-state index in [9.17, 15) is 9.90 Å². The zero-order chi connectivity index (χ0) is 25.8. The SMILES string of the molecule is CC(C)CCC[C@@H](C)[C@H]1C[C@H](O)[C@@H]2C3=C(CC[C@]12C)[C@@]1(C)CC[C@H](OC(=O)C(C)(C)C)CC1CC3. The first-order valence-electron chi connectivity index (χ1n) is 14.9. The minimum atomic E-state index is -0.433. The molecule has 4 rings (SSSR count). The van der Waals surface area contributed by atoms with Gasteiger partial charge in [0.05, 0.1) is 11.5 Å². The first-order chi connectivity index (χ1) is 16.3. The van der Waals surface area contributed by atoms with Crippen molar-refractivity contribution < 1.29 is 14.6 Å². The number of aliphatic hydroxyl groups is 1. The van der Waals surface area contributed by atoms with Gasteiger partial charge < -0.3 is 9.84 Å². The van der Waals surface area contributed by atoms with E-state index in [2.05, 4.69) is 34.6 Å². The lowest BCUT2D eigenvalue weighted by atomic mass is 9.50. The minimum Gasteiger partial charge on any atom is -0.462 e. The third-order valence-corrected chi connectivity index (χ3v) is 11.0. The molecule has 3 heteroatoms. The fourth-order valence-corrected chi connectivity index (χ4v) is 8.90. The van der Waals surface area contributed by atoms with Crippen LogP contribution >= 0.6 is 0 Å². The van der Waals surface area contributed by atoms with Crippen molar-refractivity contribution in [1.82, 2.24) is 0 Å². The van der Waals surface area contributed by atoms with E-state index in [1.807, 2.05) is 20.8 Å². The van der Waals surface area contributed by atoms with Gasteiger partial charge in [-0.1, -0.05) is 65.0 Å². The molecule has 0 radical (unpaired) electrons. The molecule has 3 nitrogen and oxygen atoms in total. The summed E-state index contributed by atoms with van der Waals surface area (Å²) < 4.78 is 5.98. The second-order valence-electron chi connectivity index (χ2n) is 14.9. The molecular weight excluding hydrogens is 432 g/mol. The summed E-state index contributed by atoms with van der Waals surface area (Å²) in [6, 6.07) is 0. The molecule has 2 saturated carbocycles. The van der Waals surface area contributed by atoms with Gasteiger partial charge in [0.2, 0.25) is 0 Å². The predicted molar refractivity (Wildman–Crippen MR) is 144 cm³/mol. The number of ether oxygens (including phenoxy) is 1. The van der Waals surface area contributed by atoms with E-state index in [0.717, 1.165) is 38.0 Å². The molecule has 2 fully saturated rings. The monoisotopic (exact) mass is 486 g/mol. The summed E-state index contributed by atoms with van der Waals surface area (Å²) in [5.41, 5.74) is 3.38. The standard InChI is InChI=1S/C32H54O3/c1-20(2)10-9-11-21(3)26-19-27(33)28-24-13-12-22-18-23(35-29(34)30(4,5)6)14-16-31(22,7)25(24)15-17-32(26,28)8/h20-23,26-28,33H,9-19H2,1-8H3/t21-,22?,23+,26-,27+,28+,31+,32-/m1/s1. The molecule has 0 spiro atoms. The van der Waals surface area contributed by atoms with E-state index in [0.29, 0.717) is 23.7 Å². The van der Waals surface area contributed by atoms with Gasteiger partial charge in [-0.2, -0.15) is 0 Å². The van der Waals surface area contributed by atoms with Crippen molar-refractivity contribution in [2.45, 2.75) is 138 Å². The van der Waals surface area contributed by atoms with E-state index in [1.54, 1.807) is 11.1 Å². The Morgan fingerprint density at radius 1 is 1.06 bits per heavy atom. The Hall–Kier alpha value is -0.830. The third-order valence-electron chi connectivity index (χ3n) is 11.0. The van der Waals surface area contributed by atoms with E-state index in [-0.39, 0.29) is 29.0 Å². The number of aliphatic hydroxyl groups excluding tert-OH is 1. The number of hydrogen-bond acceptors (Lipinski definition) is 3. The van der Waals surface area contributed by atoms with E-state index >= 15 is 0 Å². The zero-order valence-corrected chi connectivity index (χ0v) is 24.1. The van der Waals surface area contributed by atoms with Crippen LogP contribution < -0.4 is 0 Å². The maximum atomic E-state index is 12.5. The van der Waals surface area contributed by atoms with Crippen molar-refractivity contribution in [3.05, 3.63) is 11.1 Å². The van der Waals surface area contributed by atoms with Crippen LogP contribution in [0.15, 0.2) is 11.1 Å². The van der Waals surface area contributed by atoms with Crippen LogP contribution in [0.5, 0.6) is 0 Å². The van der Waals surface area contributed by atoms with Crippen LogP contribution in [-0.2, 0) is 9.53 Å². The first-order valence-corrected chi connectivity index (χ1v) is 14.9. The minimum absolute atomic E-state index is 0.0575. The molecule has 1 unspecified atom stereocenters. The van der Waals surface area contributed by atoms with Crippen LogP contribution in [0.2, 0.25) is 0 Å². The Kier molecular flexibility index (Phi) is 7.62. The largest absolute Gasteiger partial charge is 0.462 e. The maximum absolute atomic E-state index is 12.5. The highest BCUT2D eigenvalue weighted by atomic mass is 16.5. The van der Waals surface area contributed by atoms with E-state index in [1.165, 1.54) is 38.5 Å². The molecule has 8 atom stereocenters. The topological polar surface area (TPSA) is 46.5 Å². The van der Waals surface area contributed by atoms with Gasteiger partial charge in [0, 0.05) is 5.92 Å². The predicted octanol–water partition coefficient (Wildman–Crippen LogP) is 8.10. The van der Waals surface area contributed by atoms with Crippen molar-refractivity contribution >= 4 is 5.97 Å². The lowest BCUT2D eigenvalue weighted by Gasteiger charge is -2.55. The number of carbonyl (C=O) groups is 1. The Morgan fingerprint density at radius 2 is 1.77 bits per heavy atom. The number of esters is 1. The highest BCUT2D eigenvalue weighted by Gasteiger charge is 2.59. The average molecular weight is 487 g/mol. The van der Waals surface area contributed by atoms with Crippen molar-refractivity contribution in [2.75, 3.05) is 0 Å². The summed E-state index contributed by atoms with van der Waals surface area (Å²) in [6.07, 6.45) is 12.7. The quantitative estimate of drug-likeness (QED) is 0.305. The van der Waals surface area contributed by atoms with Crippen molar-refractivity contribution in [3.63, 3.8) is 0 Å². The van der Waals surface area contributed by atoms with Gasteiger partial charge in [-0.15, -0.1) is 0 Å². The molecule has 0 bridgehead atoms. The van der Waals surface area contributed by atoms with Gasteiger partial charge in [-0.3, -0.25) is 4.79 Å². The lowest BCUT2D eigenvalue weighted by Crippen LogP contribution is -2.47. The number of rotatable bonds is 6. The third kappa shape index (κ3) is 5.01. The van der Waals surface area contributed by atoms with Gasteiger partial charge >= 0.3 is 5.97 Å². The lowest BCUT2D eigenvalue weighted by molar-refractivity contribution is -0.162. The van der Waals surface area contributed by atoms with Gasteiger partial charge in [0.25, 0.3) is 0 Å². The van der Waals surface area contributed by atoms with E-state index < -0.39 is 5.41 Å². The van der Waals surface area contributed by atoms with Crippen LogP contribution in [0, 0.1) is 45.8 Å². The molecular formula is C32H54O3. The molecule has 0 amide bonds. The highest BCUT2D eigenvalue weighted by molar-refractivity contribution is 5.75. The Morgan fingerprint density at radius 3 is 2.43 bits per heavy atom. The summed E-state index contributed by atoms with van der Waals surface area (Å²) in [6.45, 7) is 18.0. The molecule has 0 saturated heterocycles. The van der Waals surface area contributed by atoms with Crippen LogP contribution in [0.25, 0.3) is 0 Å². The van der Waals surface area contributed by atoms with Gasteiger partial charge in [-0.25, -0.2) is 0 Å². The zero-order valence-electron chi connectivity index (χ0n) is 24.1. The number of allylic oxidation sites excluding steroid dienone is 1. The number of carbonyl (C=O) groups excluding carboxylic acids is 1. The van der Waals surface area contributed by atoms with Gasteiger partial charge in [-0.05, 0) is 107 Å². The van der Waals surface area contributed by atoms with Crippen molar-refractivity contribution in [3.8, 4) is 0 Å². The summed E-state index contributed by atoms with van der Waals surface area (Å²) in [7, 11) is 0. The second kappa shape index (κ2) is 9.80. The van der Waals surface area contributed by atoms with Gasteiger partial charge in [0.1, 0.15) is 6.10 Å². The summed E-state index contributed by atoms with van der Waals surface area (Å²) in [5, 5.41) is 11.5. The molecule has 35 heavy (non-hydrogen) atoms. The molecule has 0 heterocycles. The summed E-state index contributed by atoms with van der Waals surface area (Å²) >= 11 is 0. The van der Waals surface area contributed by atoms with E-state index in [4.69, 9.17) is 4.74 Å². The molecule has 4 aliphatic carbocycles. The molecule has 0 aromatic carbocycles. The smallest absolute Gasteiger partial charge is 0.311 e. The number of hydrogen-bond donors (Lipinski definition) is 1.